The van der Waals surface area contributed by atoms with Crippen LogP contribution in [-0.4, -0.2) is 35.7 Å². The zero-order valence-corrected chi connectivity index (χ0v) is 16.5. The second-order valence-electron chi connectivity index (χ2n) is 5.30. The molecule has 5 nitrogen and oxygen atoms in total. The van der Waals surface area contributed by atoms with Crippen LogP contribution in [0.25, 0.3) is 0 Å². The first kappa shape index (κ1) is 21.3. The van der Waals surface area contributed by atoms with Gasteiger partial charge in [0.05, 0.1) is 18.8 Å². The van der Waals surface area contributed by atoms with E-state index in [0.717, 1.165) is 5.56 Å². The van der Waals surface area contributed by atoms with Gasteiger partial charge in [0.1, 0.15) is 5.82 Å². The van der Waals surface area contributed by atoms with E-state index in [0.29, 0.717) is 24.7 Å². The summed E-state index contributed by atoms with van der Waals surface area (Å²) >= 11 is 0. The number of hydrogen-bond acceptors (Lipinski definition) is 3. The second kappa shape index (κ2) is 11.8. The van der Waals surface area contributed by atoms with Crippen molar-refractivity contribution >= 4 is 29.9 Å². The zero-order valence-electron chi connectivity index (χ0n) is 14.2. The van der Waals surface area contributed by atoms with Crippen LogP contribution in [0, 0.1) is 5.82 Å². The van der Waals surface area contributed by atoms with Crippen LogP contribution in [0.15, 0.2) is 53.7 Å². The van der Waals surface area contributed by atoms with Gasteiger partial charge in [-0.25, -0.2) is 9.38 Å². The summed E-state index contributed by atoms with van der Waals surface area (Å²) < 4.78 is 13.6. The van der Waals surface area contributed by atoms with Crippen LogP contribution in [0.2, 0.25) is 0 Å². The van der Waals surface area contributed by atoms with E-state index in [1.807, 2.05) is 37.3 Å². The molecule has 0 aliphatic heterocycles. The lowest BCUT2D eigenvalue weighted by molar-refractivity contribution is 0.265. The van der Waals surface area contributed by atoms with Crippen molar-refractivity contribution in [2.45, 2.75) is 19.4 Å². The Morgan fingerprint density at radius 2 is 1.96 bits per heavy atom. The van der Waals surface area contributed by atoms with Crippen molar-refractivity contribution in [2.75, 3.05) is 19.7 Å². The number of benzene rings is 1. The number of rotatable bonds is 7. The average Bonchev–Trinajstić information content (AvgIpc) is 2.62. The van der Waals surface area contributed by atoms with Gasteiger partial charge in [0.2, 0.25) is 0 Å². The Labute approximate surface area is 164 Å². The second-order valence-corrected chi connectivity index (χ2v) is 5.30. The fourth-order valence-corrected chi connectivity index (χ4v) is 2.26. The molecule has 0 saturated heterocycles. The predicted octanol–water partition coefficient (Wildman–Crippen LogP) is 2.67. The molecule has 25 heavy (non-hydrogen) atoms. The Balaban J connectivity index is 0.00000312. The third-order valence-electron chi connectivity index (χ3n) is 3.57. The van der Waals surface area contributed by atoms with Crippen LogP contribution in [0.5, 0.6) is 0 Å². The summed E-state index contributed by atoms with van der Waals surface area (Å²) in [6.45, 7) is 3.35. The van der Waals surface area contributed by atoms with E-state index in [4.69, 9.17) is 0 Å². The van der Waals surface area contributed by atoms with Gasteiger partial charge in [0, 0.05) is 25.2 Å². The van der Waals surface area contributed by atoms with Crippen molar-refractivity contribution in [2.24, 2.45) is 4.99 Å². The molecule has 136 valence electrons. The highest BCUT2D eigenvalue weighted by atomic mass is 127. The highest BCUT2D eigenvalue weighted by molar-refractivity contribution is 14.0. The van der Waals surface area contributed by atoms with Gasteiger partial charge in [0.15, 0.2) is 5.96 Å². The van der Waals surface area contributed by atoms with Gasteiger partial charge in [-0.3, -0.25) is 4.98 Å². The molecular weight excluding hydrogens is 434 g/mol. The summed E-state index contributed by atoms with van der Waals surface area (Å²) in [6, 6.07) is 12.7. The summed E-state index contributed by atoms with van der Waals surface area (Å²) in [6.07, 6.45) is 1.55. The first-order valence-electron chi connectivity index (χ1n) is 8.02. The number of hydrogen-bond donors (Lipinski definition) is 3. The van der Waals surface area contributed by atoms with E-state index in [-0.39, 0.29) is 48.9 Å². The lowest BCUT2D eigenvalue weighted by atomic mass is 10.0. The Bertz CT molecular complexity index is 655. The maximum Gasteiger partial charge on any atom is 0.191 e. The Morgan fingerprint density at radius 1 is 1.20 bits per heavy atom. The Kier molecular flexibility index (Phi) is 10.0. The molecule has 0 aliphatic rings. The van der Waals surface area contributed by atoms with Gasteiger partial charge in [-0.1, -0.05) is 30.3 Å². The zero-order chi connectivity index (χ0) is 17.2. The molecule has 0 amide bonds. The van der Waals surface area contributed by atoms with Crippen LogP contribution in [0.4, 0.5) is 4.39 Å². The number of aliphatic imine (C=N–C) groups is 1. The van der Waals surface area contributed by atoms with Crippen LogP contribution < -0.4 is 10.6 Å². The van der Waals surface area contributed by atoms with Crippen LogP contribution in [0.3, 0.4) is 0 Å². The summed E-state index contributed by atoms with van der Waals surface area (Å²) in [5, 5.41) is 15.9. The third-order valence-corrected chi connectivity index (χ3v) is 3.57. The van der Waals surface area contributed by atoms with Gasteiger partial charge in [0.25, 0.3) is 0 Å². The fourth-order valence-electron chi connectivity index (χ4n) is 2.26. The molecule has 7 heteroatoms. The molecule has 1 atom stereocenters. The van der Waals surface area contributed by atoms with Crippen molar-refractivity contribution in [3.63, 3.8) is 0 Å². The fraction of sp³-hybridized carbons (Fsp3) is 0.333. The van der Waals surface area contributed by atoms with Gasteiger partial charge in [-0.05, 0) is 24.6 Å². The molecule has 2 aromatic rings. The van der Waals surface area contributed by atoms with Crippen LogP contribution in [-0.2, 0) is 6.54 Å². The molecule has 1 unspecified atom stereocenters. The number of halogens is 2. The van der Waals surface area contributed by atoms with Crippen molar-refractivity contribution in [3.05, 3.63) is 65.7 Å². The normalized spacial score (nSPS) is 12.2. The molecule has 1 heterocycles. The number of aliphatic hydroxyl groups is 1. The maximum absolute atomic E-state index is 13.6. The minimum absolute atomic E-state index is 0. The quantitative estimate of drug-likeness (QED) is 0.339. The lowest BCUT2D eigenvalue weighted by Gasteiger charge is -2.18. The topological polar surface area (TPSA) is 69.5 Å². The van der Waals surface area contributed by atoms with Crippen molar-refractivity contribution < 1.29 is 9.50 Å². The highest BCUT2D eigenvalue weighted by Crippen LogP contribution is 2.13. The number of guanidine groups is 1. The molecule has 2 rings (SSSR count). The van der Waals surface area contributed by atoms with Crippen molar-refractivity contribution in [1.82, 2.24) is 15.6 Å². The van der Waals surface area contributed by atoms with Gasteiger partial charge < -0.3 is 15.7 Å². The van der Waals surface area contributed by atoms with Gasteiger partial charge in [-0.15, -0.1) is 24.0 Å². The third kappa shape index (κ3) is 6.95. The number of pyridine rings is 1. The predicted molar refractivity (Wildman–Crippen MR) is 109 cm³/mol. The minimum atomic E-state index is -0.366. The number of aliphatic hydroxyl groups excluding tert-OH is 1. The first-order chi connectivity index (χ1) is 11.7. The van der Waals surface area contributed by atoms with Crippen LogP contribution in [0.1, 0.15) is 24.1 Å². The molecule has 3 N–H and O–H groups in total. The molecule has 1 aromatic carbocycles. The SMILES string of the molecule is CCNC(=NCc1ncccc1F)NCC(CO)c1ccccc1.I. The van der Waals surface area contributed by atoms with E-state index in [2.05, 4.69) is 20.6 Å². The molecule has 1 aromatic heterocycles. The number of aromatic nitrogens is 1. The summed E-state index contributed by atoms with van der Waals surface area (Å²) in [5.41, 5.74) is 1.36. The summed E-state index contributed by atoms with van der Waals surface area (Å²) in [7, 11) is 0. The smallest absolute Gasteiger partial charge is 0.191 e. The first-order valence-corrected chi connectivity index (χ1v) is 8.02. The molecule has 0 spiro atoms. The monoisotopic (exact) mass is 458 g/mol. The molecular formula is C18H24FIN4O. The Hall–Kier alpha value is -1.74. The molecule has 0 saturated carbocycles. The highest BCUT2D eigenvalue weighted by Gasteiger charge is 2.11. The maximum atomic E-state index is 13.6. The van der Waals surface area contributed by atoms with E-state index in [1.54, 1.807) is 12.3 Å². The van der Waals surface area contributed by atoms with E-state index < -0.39 is 0 Å². The van der Waals surface area contributed by atoms with E-state index in [9.17, 15) is 9.50 Å². The largest absolute Gasteiger partial charge is 0.396 e. The standard InChI is InChI=1S/C18H23FN4O.HI/c1-2-20-18(23-12-17-16(19)9-6-10-21-17)22-11-15(13-24)14-7-4-3-5-8-14;/h3-10,15,24H,2,11-13H2,1H3,(H2,20,22,23);1H. The summed E-state index contributed by atoms with van der Waals surface area (Å²) in [5.74, 6) is 0.160. The number of nitrogens with zero attached hydrogens (tertiary/aromatic N) is 2. The van der Waals surface area contributed by atoms with E-state index >= 15 is 0 Å². The van der Waals surface area contributed by atoms with Crippen molar-refractivity contribution in [3.8, 4) is 0 Å². The van der Waals surface area contributed by atoms with Gasteiger partial charge in [-0.2, -0.15) is 0 Å². The van der Waals surface area contributed by atoms with Crippen LogP contribution >= 0.6 is 24.0 Å². The molecule has 0 aliphatic carbocycles. The van der Waals surface area contributed by atoms with E-state index in [1.165, 1.54) is 6.07 Å². The molecule has 0 bridgehead atoms. The van der Waals surface area contributed by atoms with Gasteiger partial charge >= 0.3 is 0 Å². The summed E-state index contributed by atoms with van der Waals surface area (Å²) in [4.78, 5) is 8.35. The molecule has 0 radical (unpaired) electrons. The average molecular weight is 458 g/mol. The van der Waals surface area contributed by atoms with Crippen molar-refractivity contribution in [1.29, 1.82) is 0 Å². The number of nitrogens with one attached hydrogen (secondary N) is 2. The minimum Gasteiger partial charge on any atom is -0.396 e. The molecule has 0 fully saturated rings. The lowest BCUT2D eigenvalue weighted by Crippen LogP contribution is -2.40. The Morgan fingerprint density at radius 3 is 2.60 bits per heavy atom.